The molecule has 2 aliphatic rings. The lowest BCUT2D eigenvalue weighted by Crippen LogP contribution is -2.19. The molecule has 3 heteroatoms. The molecule has 0 N–H and O–H groups in total. The third kappa shape index (κ3) is 2.02. The van der Waals surface area contributed by atoms with Gasteiger partial charge in [0.2, 0.25) is 0 Å². The summed E-state index contributed by atoms with van der Waals surface area (Å²) in [5, 5.41) is 0. The van der Waals surface area contributed by atoms with Crippen LogP contribution in [0.4, 0.5) is 4.79 Å². The van der Waals surface area contributed by atoms with Gasteiger partial charge in [0.15, 0.2) is 0 Å². The Labute approximate surface area is 84.8 Å². The highest BCUT2D eigenvalue weighted by molar-refractivity contribution is 5.59. The van der Waals surface area contributed by atoms with Crippen molar-refractivity contribution in [1.82, 2.24) is 0 Å². The molecule has 0 spiro atoms. The minimum absolute atomic E-state index is 0.398. The molecule has 3 atom stereocenters. The Kier molecular flexibility index (Phi) is 2.94. The summed E-state index contributed by atoms with van der Waals surface area (Å²) < 4.78 is 9.78. The van der Waals surface area contributed by atoms with Crippen LogP contribution in [0.15, 0.2) is 0 Å². The van der Waals surface area contributed by atoms with Gasteiger partial charge in [0.25, 0.3) is 0 Å². The number of fused-ring (bicyclic) bond motifs is 2. The van der Waals surface area contributed by atoms with Gasteiger partial charge in [-0.25, -0.2) is 4.79 Å². The zero-order valence-corrected chi connectivity index (χ0v) is 8.70. The van der Waals surface area contributed by atoms with Crippen LogP contribution in [0.5, 0.6) is 0 Å². The predicted octanol–water partition coefficient (Wildman–Crippen LogP) is 2.60. The van der Waals surface area contributed by atoms with Gasteiger partial charge in [-0.15, -0.1) is 0 Å². The van der Waals surface area contributed by atoms with E-state index >= 15 is 0 Å². The van der Waals surface area contributed by atoms with Crippen LogP contribution >= 0.6 is 0 Å². The van der Waals surface area contributed by atoms with Crippen molar-refractivity contribution in [3.8, 4) is 0 Å². The van der Waals surface area contributed by atoms with Crippen molar-refractivity contribution in [2.45, 2.75) is 32.6 Å². The molecule has 0 aromatic carbocycles. The third-order valence-corrected chi connectivity index (χ3v) is 3.56. The van der Waals surface area contributed by atoms with Crippen LogP contribution < -0.4 is 0 Å². The van der Waals surface area contributed by atoms with E-state index in [1.54, 1.807) is 6.92 Å². The van der Waals surface area contributed by atoms with E-state index in [9.17, 15) is 4.79 Å². The fourth-order valence-corrected chi connectivity index (χ4v) is 2.92. The van der Waals surface area contributed by atoms with Crippen LogP contribution in [0.25, 0.3) is 0 Å². The first-order chi connectivity index (χ1) is 6.79. The minimum atomic E-state index is -0.504. The van der Waals surface area contributed by atoms with Gasteiger partial charge in [-0.2, -0.15) is 0 Å². The van der Waals surface area contributed by atoms with Gasteiger partial charge >= 0.3 is 6.16 Å². The molecule has 3 nitrogen and oxygen atoms in total. The third-order valence-electron chi connectivity index (χ3n) is 3.56. The van der Waals surface area contributed by atoms with E-state index in [2.05, 4.69) is 0 Å². The first-order valence-corrected chi connectivity index (χ1v) is 5.59. The second-order valence-electron chi connectivity index (χ2n) is 4.43. The maximum atomic E-state index is 11.0. The summed E-state index contributed by atoms with van der Waals surface area (Å²) >= 11 is 0. The van der Waals surface area contributed by atoms with Crippen LogP contribution in [-0.2, 0) is 9.47 Å². The second kappa shape index (κ2) is 4.20. The molecular formula is C11H18O3. The summed E-state index contributed by atoms with van der Waals surface area (Å²) in [6, 6.07) is 0. The van der Waals surface area contributed by atoms with E-state index < -0.39 is 6.16 Å². The van der Waals surface area contributed by atoms with Crippen LogP contribution in [0.2, 0.25) is 0 Å². The lowest BCUT2D eigenvalue weighted by molar-refractivity contribution is 0.0404. The van der Waals surface area contributed by atoms with Gasteiger partial charge in [0.05, 0.1) is 13.2 Å². The highest BCUT2D eigenvalue weighted by Crippen LogP contribution is 2.48. The first-order valence-electron chi connectivity index (χ1n) is 5.59. The highest BCUT2D eigenvalue weighted by atomic mass is 16.7. The van der Waals surface area contributed by atoms with Crippen molar-refractivity contribution >= 4 is 6.16 Å². The molecule has 2 rings (SSSR count). The molecule has 0 amide bonds. The van der Waals surface area contributed by atoms with Crippen LogP contribution in [0, 0.1) is 17.8 Å². The van der Waals surface area contributed by atoms with Crippen LogP contribution in [-0.4, -0.2) is 19.4 Å². The Morgan fingerprint density at radius 1 is 1.29 bits per heavy atom. The SMILES string of the molecule is CCOC(=O)OCC1CC2CCC1C2. The minimum Gasteiger partial charge on any atom is -0.435 e. The first kappa shape index (κ1) is 9.81. The van der Waals surface area contributed by atoms with Crippen molar-refractivity contribution in [1.29, 1.82) is 0 Å². The molecule has 0 aromatic rings. The van der Waals surface area contributed by atoms with Crippen molar-refractivity contribution in [3.05, 3.63) is 0 Å². The number of carbonyl (C=O) groups is 1. The lowest BCUT2D eigenvalue weighted by Gasteiger charge is -2.20. The Bertz CT molecular complexity index is 215. The van der Waals surface area contributed by atoms with Gasteiger partial charge in [-0.05, 0) is 43.9 Å². The van der Waals surface area contributed by atoms with Gasteiger partial charge in [-0.3, -0.25) is 0 Å². The molecule has 3 unspecified atom stereocenters. The van der Waals surface area contributed by atoms with E-state index in [0.29, 0.717) is 19.1 Å². The molecule has 0 heterocycles. The average molecular weight is 198 g/mol. The molecule has 2 saturated carbocycles. The average Bonchev–Trinajstić information content (AvgIpc) is 2.76. The molecule has 0 radical (unpaired) electrons. The molecule has 2 bridgehead atoms. The fraction of sp³-hybridized carbons (Fsp3) is 0.909. The summed E-state index contributed by atoms with van der Waals surface area (Å²) in [6.07, 6.45) is 4.83. The van der Waals surface area contributed by atoms with Crippen molar-refractivity contribution in [2.75, 3.05) is 13.2 Å². The normalized spacial score (nSPS) is 34.5. The summed E-state index contributed by atoms with van der Waals surface area (Å²) in [5.41, 5.74) is 0. The van der Waals surface area contributed by atoms with Gasteiger partial charge < -0.3 is 9.47 Å². The second-order valence-corrected chi connectivity index (χ2v) is 4.43. The van der Waals surface area contributed by atoms with Crippen molar-refractivity contribution < 1.29 is 14.3 Å². The molecule has 0 aliphatic heterocycles. The smallest absolute Gasteiger partial charge is 0.435 e. The van der Waals surface area contributed by atoms with E-state index in [4.69, 9.17) is 9.47 Å². The van der Waals surface area contributed by atoms with Crippen molar-refractivity contribution in [2.24, 2.45) is 17.8 Å². The number of carbonyl (C=O) groups excluding carboxylic acids is 1. The lowest BCUT2D eigenvalue weighted by atomic mass is 9.90. The van der Waals surface area contributed by atoms with Gasteiger partial charge in [0.1, 0.15) is 0 Å². The Morgan fingerprint density at radius 3 is 2.71 bits per heavy atom. The quantitative estimate of drug-likeness (QED) is 0.654. The summed E-state index contributed by atoms with van der Waals surface area (Å²) in [6.45, 7) is 2.76. The fourth-order valence-electron chi connectivity index (χ4n) is 2.92. The van der Waals surface area contributed by atoms with Gasteiger partial charge in [-0.1, -0.05) is 6.42 Å². The molecule has 2 aliphatic carbocycles. The van der Waals surface area contributed by atoms with Gasteiger partial charge in [0, 0.05) is 0 Å². The largest absolute Gasteiger partial charge is 0.508 e. The molecule has 0 aromatic heterocycles. The van der Waals surface area contributed by atoms with E-state index in [0.717, 1.165) is 11.8 Å². The molecule has 80 valence electrons. The molecule has 0 saturated heterocycles. The maximum Gasteiger partial charge on any atom is 0.508 e. The predicted molar refractivity (Wildman–Crippen MR) is 51.9 cm³/mol. The monoisotopic (exact) mass is 198 g/mol. The number of ether oxygens (including phenoxy) is 2. The number of rotatable bonds is 3. The standard InChI is InChI=1S/C11H18O3/c1-2-13-11(12)14-7-10-6-8-3-4-9(10)5-8/h8-10H,2-7H2,1H3. The molecule has 14 heavy (non-hydrogen) atoms. The van der Waals surface area contributed by atoms with E-state index in [1.165, 1.54) is 25.7 Å². The zero-order chi connectivity index (χ0) is 9.97. The summed E-state index contributed by atoms with van der Waals surface area (Å²) in [7, 11) is 0. The summed E-state index contributed by atoms with van der Waals surface area (Å²) in [4.78, 5) is 11.0. The maximum absolute atomic E-state index is 11.0. The van der Waals surface area contributed by atoms with Crippen LogP contribution in [0.1, 0.15) is 32.6 Å². The number of hydrogen-bond acceptors (Lipinski definition) is 3. The topological polar surface area (TPSA) is 35.5 Å². The zero-order valence-electron chi connectivity index (χ0n) is 8.70. The molecule has 2 fully saturated rings. The Balaban J connectivity index is 1.69. The molecular weight excluding hydrogens is 180 g/mol. The highest BCUT2D eigenvalue weighted by Gasteiger charge is 2.39. The van der Waals surface area contributed by atoms with Crippen molar-refractivity contribution in [3.63, 3.8) is 0 Å². The Hall–Kier alpha value is -0.730. The van der Waals surface area contributed by atoms with E-state index in [1.807, 2.05) is 0 Å². The summed E-state index contributed by atoms with van der Waals surface area (Å²) in [5.74, 6) is 2.34. The van der Waals surface area contributed by atoms with E-state index in [-0.39, 0.29) is 0 Å². The Morgan fingerprint density at radius 2 is 2.14 bits per heavy atom. The van der Waals surface area contributed by atoms with Crippen LogP contribution in [0.3, 0.4) is 0 Å². The number of hydrogen-bond donors (Lipinski definition) is 0.